The number of ether oxygens (including phenoxy) is 2. The second kappa shape index (κ2) is 8.36. The molecular formula is C31H40O5. The number of rotatable bonds is 0. The molecule has 3 N–H and O–H groups in total. The summed E-state index contributed by atoms with van der Waals surface area (Å²) in [6.07, 6.45) is 9.76. The molecule has 4 atom stereocenters. The van der Waals surface area contributed by atoms with E-state index < -0.39 is 5.60 Å². The number of benzene rings is 2. The summed E-state index contributed by atoms with van der Waals surface area (Å²) in [7, 11) is 0. The normalized spacial score (nSPS) is 31.8. The van der Waals surface area contributed by atoms with Crippen molar-refractivity contribution in [3.05, 3.63) is 52.6 Å². The van der Waals surface area contributed by atoms with Crippen molar-refractivity contribution in [1.82, 2.24) is 0 Å². The van der Waals surface area contributed by atoms with Gasteiger partial charge in [0.25, 0.3) is 0 Å². The van der Waals surface area contributed by atoms with Crippen molar-refractivity contribution in [2.24, 2.45) is 17.3 Å². The summed E-state index contributed by atoms with van der Waals surface area (Å²) < 4.78 is 13.4. The number of hydrogen-bond acceptors (Lipinski definition) is 5. The summed E-state index contributed by atoms with van der Waals surface area (Å²) in [5.41, 5.74) is 3.27. The van der Waals surface area contributed by atoms with Crippen molar-refractivity contribution < 1.29 is 24.8 Å². The summed E-state index contributed by atoms with van der Waals surface area (Å²) in [6, 6.07) is 5.22. The summed E-state index contributed by atoms with van der Waals surface area (Å²) in [6.45, 7) is 13.0. The average molecular weight is 493 g/mol. The zero-order valence-corrected chi connectivity index (χ0v) is 22.4. The van der Waals surface area contributed by atoms with Crippen LogP contribution in [0.2, 0.25) is 0 Å². The Morgan fingerprint density at radius 1 is 0.833 bits per heavy atom. The topological polar surface area (TPSA) is 79.2 Å². The summed E-state index contributed by atoms with van der Waals surface area (Å²) in [5.74, 6) is 1.72. The van der Waals surface area contributed by atoms with Crippen LogP contribution >= 0.6 is 0 Å². The molecule has 0 saturated heterocycles. The summed E-state index contributed by atoms with van der Waals surface area (Å²) >= 11 is 0. The lowest BCUT2D eigenvalue weighted by molar-refractivity contribution is -0.0366. The van der Waals surface area contributed by atoms with E-state index in [4.69, 9.17) is 9.47 Å². The van der Waals surface area contributed by atoms with Crippen LogP contribution in [0.3, 0.4) is 0 Å². The van der Waals surface area contributed by atoms with Crippen molar-refractivity contribution in [2.45, 2.75) is 91.3 Å². The molecule has 0 saturated carbocycles. The number of allylic oxidation sites excluding steroid dienone is 1. The van der Waals surface area contributed by atoms with Gasteiger partial charge >= 0.3 is 0 Å². The quantitative estimate of drug-likeness (QED) is 0.275. The smallest absolute Gasteiger partial charge is 0.200 e. The highest BCUT2D eigenvalue weighted by molar-refractivity contribution is 5.58. The maximum absolute atomic E-state index is 10.6. The second-order valence-corrected chi connectivity index (χ2v) is 12.6. The van der Waals surface area contributed by atoms with Crippen molar-refractivity contribution in [3.63, 3.8) is 0 Å². The van der Waals surface area contributed by atoms with Crippen LogP contribution in [-0.4, -0.2) is 26.5 Å². The van der Waals surface area contributed by atoms with Crippen LogP contribution in [0.4, 0.5) is 0 Å². The molecule has 0 aromatic heterocycles. The molecule has 2 aromatic rings. The molecule has 5 nitrogen and oxygen atoms in total. The number of phenolic OH excluding ortho intramolecular Hbond substituents is 3. The largest absolute Gasteiger partial charge is 0.508 e. The van der Waals surface area contributed by atoms with E-state index in [1.807, 2.05) is 13.0 Å². The van der Waals surface area contributed by atoms with Gasteiger partial charge in [0.1, 0.15) is 22.7 Å². The Morgan fingerprint density at radius 2 is 1.53 bits per heavy atom. The lowest BCUT2D eigenvalue weighted by Gasteiger charge is -2.47. The van der Waals surface area contributed by atoms with Gasteiger partial charge in [-0.1, -0.05) is 26.0 Å². The van der Waals surface area contributed by atoms with E-state index in [0.717, 1.165) is 61.0 Å². The number of aromatic hydroxyl groups is 3. The van der Waals surface area contributed by atoms with Crippen LogP contribution < -0.4 is 9.47 Å². The van der Waals surface area contributed by atoms with Crippen LogP contribution in [0.5, 0.6) is 28.7 Å². The van der Waals surface area contributed by atoms with E-state index in [9.17, 15) is 15.3 Å². The zero-order chi connectivity index (χ0) is 26.0. The maximum Gasteiger partial charge on any atom is 0.200 e. The van der Waals surface area contributed by atoms with E-state index in [2.05, 4.69) is 46.8 Å². The molecule has 5 rings (SSSR count). The van der Waals surface area contributed by atoms with Gasteiger partial charge in [0.15, 0.2) is 11.5 Å². The number of hydrogen-bond donors (Lipinski definition) is 3. The van der Waals surface area contributed by atoms with E-state index >= 15 is 0 Å². The highest BCUT2D eigenvalue weighted by atomic mass is 16.5. The first-order valence-corrected chi connectivity index (χ1v) is 13.2. The van der Waals surface area contributed by atoms with Gasteiger partial charge < -0.3 is 24.8 Å². The molecule has 2 heterocycles. The highest BCUT2D eigenvalue weighted by Crippen LogP contribution is 2.52. The van der Waals surface area contributed by atoms with Crippen molar-refractivity contribution in [3.8, 4) is 28.7 Å². The van der Waals surface area contributed by atoms with E-state index in [1.165, 1.54) is 5.56 Å². The molecule has 194 valence electrons. The standard InChI is InChI=1S/C31H40O5/c1-18-12-22(32)16-26-23(18)15-21-17-29(3,4)9-7-10-30(5)20(8-11-31(21,6)35-26)14-24-19(2)13-25(33)27(34)28(24)36-30/h7,9,12-13,16,20-21,32-34H,8,10-11,14-15,17H2,1-6H3/b9-7+/t20-,21+,30+,31-/m0/s1. The zero-order valence-electron chi connectivity index (χ0n) is 22.4. The molecular weight excluding hydrogens is 452 g/mol. The number of aryl methyl sites for hydroxylation is 2. The summed E-state index contributed by atoms with van der Waals surface area (Å²) in [4.78, 5) is 0. The Hall–Kier alpha value is -2.82. The Bertz CT molecular complexity index is 1230. The fourth-order valence-electron chi connectivity index (χ4n) is 6.79. The van der Waals surface area contributed by atoms with Gasteiger partial charge in [0.05, 0.1) is 0 Å². The van der Waals surface area contributed by atoms with Gasteiger partial charge in [-0.05, 0) is 94.0 Å². The molecule has 0 bridgehead atoms. The second-order valence-electron chi connectivity index (χ2n) is 12.6. The van der Waals surface area contributed by atoms with Gasteiger partial charge in [-0.25, -0.2) is 0 Å². The predicted octanol–water partition coefficient (Wildman–Crippen LogP) is 6.90. The number of fused-ring (bicyclic) bond motifs is 4. The average Bonchev–Trinajstić information content (AvgIpc) is 2.78. The van der Waals surface area contributed by atoms with Crippen LogP contribution in [0.15, 0.2) is 30.4 Å². The SMILES string of the molecule is Cc1cc(O)cc2c1C[C@@H]1CC(C)(C)/C=C/C[C@@]3(C)Oc4c(O)c(O)cc(C)c4C[C@@H]3CC[C@]1(C)O2. The van der Waals surface area contributed by atoms with Gasteiger partial charge in [-0.2, -0.15) is 0 Å². The van der Waals surface area contributed by atoms with E-state index in [0.29, 0.717) is 11.7 Å². The number of phenols is 3. The molecule has 0 fully saturated rings. The van der Waals surface area contributed by atoms with E-state index in [1.54, 1.807) is 12.1 Å². The van der Waals surface area contributed by atoms with Gasteiger partial charge in [0.2, 0.25) is 5.75 Å². The monoisotopic (exact) mass is 492 g/mol. The lowest BCUT2D eigenvalue weighted by Crippen LogP contribution is -2.49. The summed E-state index contributed by atoms with van der Waals surface area (Å²) in [5, 5.41) is 31.1. The van der Waals surface area contributed by atoms with Crippen molar-refractivity contribution in [2.75, 3.05) is 0 Å². The van der Waals surface area contributed by atoms with Crippen LogP contribution in [0.25, 0.3) is 0 Å². The Balaban J connectivity index is 1.56. The predicted molar refractivity (Wildman–Crippen MR) is 141 cm³/mol. The Labute approximate surface area is 214 Å². The van der Waals surface area contributed by atoms with Gasteiger partial charge in [-0.15, -0.1) is 0 Å². The lowest BCUT2D eigenvalue weighted by atomic mass is 9.68. The molecule has 5 heteroatoms. The Morgan fingerprint density at radius 3 is 2.28 bits per heavy atom. The minimum absolute atomic E-state index is 0.0304. The van der Waals surface area contributed by atoms with Crippen LogP contribution in [0.1, 0.15) is 75.6 Å². The van der Waals surface area contributed by atoms with Crippen LogP contribution in [0, 0.1) is 31.1 Å². The van der Waals surface area contributed by atoms with E-state index in [-0.39, 0.29) is 34.2 Å². The first-order chi connectivity index (χ1) is 16.8. The molecule has 36 heavy (non-hydrogen) atoms. The third kappa shape index (κ3) is 4.21. The first kappa shape index (κ1) is 24.9. The minimum atomic E-state index is -0.519. The Kier molecular flexibility index (Phi) is 5.77. The third-order valence-electron chi connectivity index (χ3n) is 9.14. The fraction of sp³-hybridized carbons (Fsp3) is 0.548. The molecule has 3 aliphatic rings. The molecule has 0 spiro atoms. The van der Waals surface area contributed by atoms with Gasteiger partial charge in [0, 0.05) is 29.9 Å². The fourth-order valence-corrected chi connectivity index (χ4v) is 6.79. The molecule has 0 amide bonds. The van der Waals surface area contributed by atoms with Crippen molar-refractivity contribution >= 4 is 0 Å². The minimum Gasteiger partial charge on any atom is -0.508 e. The maximum atomic E-state index is 10.6. The molecule has 0 radical (unpaired) electrons. The van der Waals surface area contributed by atoms with Gasteiger partial charge in [-0.3, -0.25) is 0 Å². The highest BCUT2D eigenvalue weighted by Gasteiger charge is 2.47. The molecule has 1 aliphatic carbocycles. The van der Waals surface area contributed by atoms with Crippen molar-refractivity contribution in [1.29, 1.82) is 0 Å². The first-order valence-electron chi connectivity index (χ1n) is 13.2. The van der Waals surface area contributed by atoms with Crippen LogP contribution in [-0.2, 0) is 12.8 Å². The molecule has 2 aliphatic heterocycles. The third-order valence-corrected chi connectivity index (χ3v) is 9.14. The molecule has 2 aromatic carbocycles. The molecule has 0 unspecified atom stereocenters.